The van der Waals surface area contributed by atoms with Crippen LogP contribution in [-0.4, -0.2) is 37.6 Å². The van der Waals surface area contributed by atoms with Gasteiger partial charge in [-0.2, -0.15) is 0 Å². The number of esters is 1. The van der Waals surface area contributed by atoms with Crippen molar-refractivity contribution in [2.24, 2.45) is 5.92 Å². The smallest absolute Gasteiger partial charge is 0.308 e. The summed E-state index contributed by atoms with van der Waals surface area (Å²) in [6, 6.07) is 0.285. The molecule has 0 spiro atoms. The summed E-state index contributed by atoms with van der Waals surface area (Å²) in [7, 11) is 3.93. The Bertz CT molecular complexity index is 143. The zero-order valence-corrected chi connectivity index (χ0v) is 8.63. The highest BCUT2D eigenvalue weighted by atomic mass is 16.5. The minimum atomic E-state index is -0.122. The Labute approximate surface area is 74.7 Å². The fraction of sp³-hybridized carbons (Fsp3) is 0.889. The maximum absolute atomic E-state index is 11.0. The third-order valence-electron chi connectivity index (χ3n) is 1.82. The molecular formula is C9H19NO2. The Balaban J connectivity index is 3.61. The first kappa shape index (κ1) is 11.4. The molecule has 1 atom stereocenters. The lowest BCUT2D eigenvalue weighted by Gasteiger charge is -2.19. The summed E-state index contributed by atoms with van der Waals surface area (Å²) < 4.78 is 5.05. The van der Waals surface area contributed by atoms with Gasteiger partial charge in [0.2, 0.25) is 0 Å². The second-order valence-corrected chi connectivity index (χ2v) is 3.60. The van der Waals surface area contributed by atoms with Crippen molar-refractivity contribution in [3.05, 3.63) is 0 Å². The van der Waals surface area contributed by atoms with Gasteiger partial charge in [0.15, 0.2) is 0 Å². The Morgan fingerprint density at radius 3 is 2.17 bits per heavy atom. The van der Waals surface area contributed by atoms with Gasteiger partial charge in [0.05, 0.1) is 5.92 Å². The molecule has 0 aromatic rings. The van der Waals surface area contributed by atoms with Gasteiger partial charge in [-0.25, -0.2) is 0 Å². The van der Waals surface area contributed by atoms with Crippen LogP contribution >= 0.6 is 0 Å². The molecular weight excluding hydrogens is 154 g/mol. The molecule has 0 rings (SSSR count). The van der Waals surface area contributed by atoms with E-state index in [4.69, 9.17) is 4.74 Å². The number of rotatable bonds is 4. The SMILES string of the molecule is CC(C)C(=O)OC[C@H](C)N(C)C. The number of hydrogen-bond donors (Lipinski definition) is 0. The molecule has 0 aliphatic rings. The molecule has 0 heterocycles. The average molecular weight is 173 g/mol. The van der Waals surface area contributed by atoms with Crippen LogP contribution in [0.3, 0.4) is 0 Å². The van der Waals surface area contributed by atoms with Crippen molar-refractivity contribution >= 4 is 5.97 Å². The maximum atomic E-state index is 11.0. The molecule has 0 saturated carbocycles. The molecule has 0 N–H and O–H groups in total. The Morgan fingerprint density at radius 1 is 1.33 bits per heavy atom. The van der Waals surface area contributed by atoms with Crippen molar-refractivity contribution in [2.45, 2.75) is 26.8 Å². The highest BCUT2D eigenvalue weighted by Crippen LogP contribution is 1.98. The van der Waals surface area contributed by atoms with Crippen LogP contribution in [0.25, 0.3) is 0 Å². The monoisotopic (exact) mass is 173 g/mol. The summed E-state index contributed by atoms with van der Waals surface area (Å²) in [5.41, 5.74) is 0. The average Bonchev–Trinajstić information content (AvgIpc) is 1.98. The van der Waals surface area contributed by atoms with Gasteiger partial charge in [-0.3, -0.25) is 4.79 Å². The van der Waals surface area contributed by atoms with Crippen molar-refractivity contribution in [1.29, 1.82) is 0 Å². The van der Waals surface area contributed by atoms with Gasteiger partial charge in [-0.15, -0.1) is 0 Å². The van der Waals surface area contributed by atoms with Crippen molar-refractivity contribution in [2.75, 3.05) is 20.7 Å². The predicted octanol–water partition coefficient (Wildman–Crippen LogP) is 1.14. The van der Waals surface area contributed by atoms with E-state index >= 15 is 0 Å². The number of hydrogen-bond acceptors (Lipinski definition) is 3. The number of nitrogens with zero attached hydrogens (tertiary/aromatic N) is 1. The summed E-state index contributed by atoms with van der Waals surface area (Å²) in [5.74, 6) is -0.150. The molecule has 3 heteroatoms. The summed E-state index contributed by atoms with van der Waals surface area (Å²) in [5, 5.41) is 0. The summed E-state index contributed by atoms with van der Waals surface area (Å²) in [6.45, 7) is 6.17. The predicted molar refractivity (Wildman–Crippen MR) is 48.9 cm³/mol. The second-order valence-electron chi connectivity index (χ2n) is 3.60. The molecule has 0 amide bonds. The first-order valence-electron chi connectivity index (χ1n) is 4.28. The van der Waals surface area contributed by atoms with E-state index in [1.54, 1.807) is 0 Å². The van der Waals surface area contributed by atoms with Gasteiger partial charge in [0.1, 0.15) is 6.61 Å². The van der Waals surface area contributed by atoms with Crippen LogP contribution < -0.4 is 0 Å². The van der Waals surface area contributed by atoms with Gasteiger partial charge in [0.25, 0.3) is 0 Å². The number of carbonyl (C=O) groups excluding carboxylic acids is 1. The molecule has 0 aliphatic carbocycles. The first-order chi connectivity index (χ1) is 5.45. The number of likely N-dealkylation sites (N-methyl/N-ethyl adjacent to an activating group) is 1. The van der Waals surface area contributed by atoms with Crippen molar-refractivity contribution < 1.29 is 9.53 Å². The van der Waals surface area contributed by atoms with Gasteiger partial charge in [-0.1, -0.05) is 13.8 Å². The minimum Gasteiger partial charge on any atom is -0.464 e. The lowest BCUT2D eigenvalue weighted by atomic mass is 10.2. The molecule has 0 bridgehead atoms. The molecule has 0 unspecified atom stereocenters. The largest absolute Gasteiger partial charge is 0.464 e. The van der Waals surface area contributed by atoms with E-state index in [0.717, 1.165) is 0 Å². The van der Waals surface area contributed by atoms with E-state index in [2.05, 4.69) is 0 Å². The third kappa shape index (κ3) is 4.34. The van der Waals surface area contributed by atoms with E-state index in [1.165, 1.54) is 0 Å². The summed E-state index contributed by atoms with van der Waals surface area (Å²) in [6.07, 6.45) is 0. The van der Waals surface area contributed by atoms with Crippen LogP contribution in [0.15, 0.2) is 0 Å². The Morgan fingerprint density at radius 2 is 1.83 bits per heavy atom. The van der Waals surface area contributed by atoms with E-state index < -0.39 is 0 Å². The topological polar surface area (TPSA) is 29.5 Å². The van der Waals surface area contributed by atoms with Crippen LogP contribution in [0.1, 0.15) is 20.8 Å². The van der Waals surface area contributed by atoms with Crippen molar-refractivity contribution in [1.82, 2.24) is 4.90 Å². The first-order valence-corrected chi connectivity index (χ1v) is 4.28. The number of ether oxygens (including phenoxy) is 1. The second kappa shape index (κ2) is 5.14. The molecule has 0 fully saturated rings. The highest BCUT2D eigenvalue weighted by Gasteiger charge is 2.11. The van der Waals surface area contributed by atoms with Crippen LogP contribution in [0, 0.1) is 5.92 Å². The van der Waals surface area contributed by atoms with Gasteiger partial charge >= 0.3 is 5.97 Å². The van der Waals surface area contributed by atoms with Crippen LogP contribution in [-0.2, 0) is 9.53 Å². The fourth-order valence-electron chi connectivity index (χ4n) is 0.518. The molecule has 0 aromatic heterocycles. The lowest BCUT2D eigenvalue weighted by Crippen LogP contribution is -2.31. The minimum absolute atomic E-state index is 0.0284. The normalized spacial score (nSPS) is 13.6. The van der Waals surface area contributed by atoms with E-state index in [0.29, 0.717) is 6.61 Å². The molecule has 0 aliphatic heterocycles. The lowest BCUT2D eigenvalue weighted by molar-refractivity contribution is -0.148. The van der Waals surface area contributed by atoms with Gasteiger partial charge in [0, 0.05) is 6.04 Å². The van der Waals surface area contributed by atoms with Gasteiger partial charge < -0.3 is 9.64 Å². The van der Waals surface area contributed by atoms with Crippen molar-refractivity contribution in [3.63, 3.8) is 0 Å². The van der Waals surface area contributed by atoms with Crippen LogP contribution in [0.5, 0.6) is 0 Å². The Kier molecular flexibility index (Phi) is 4.90. The fourth-order valence-corrected chi connectivity index (χ4v) is 0.518. The summed E-state index contributed by atoms with van der Waals surface area (Å²) >= 11 is 0. The molecule has 72 valence electrons. The third-order valence-corrected chi connectivity index (χ3v) is 1.82. The maximum Gasteiger partial charge on any atom is 0.308 e. The quantitative estimate of drug-likeness (QED) is 0.597. The van der Waals surface area contributed by atoms with E-state index in [-0.39, 0.29) is 17.9 Å². The van der Waals surface area contributed by atoms with Gasteiger partial charge in [-0.05, 0) is 21.0 Å². The zero-order valence-electron chi connectivity index (χ0n) is 8.63. The Hall–Kier alpha value is -0.570. The molecule has 0 aromatic carbocycles. The van der Waals surface area contributed by atoms with Crippen LogP contribution in [0.2, 0.25) is 0 Å². The van der Waals surface area contributed by atoms with Crippen LogP contribution in [0.4, 0.5) is 0 Å². The standard InChI is InChI=1S/C9H19NO2/c1-7(2)9(11)12-6-8(3)10(4)5/h7-8H,6H2,1-5H3/t8-/m0/s1. The zero-order chi connectivity index (χ0) is 9.72. The molecule has 0 saturated heterocycles. The number of carbonyl (C=O) groups is 1. The molecule has 12 heavy (non-hydrogen) atoms. The molecule has 3 nitrogen and oxygen atoms in total. The molecule has 0 radical (unpaired) electrons. The highest BCUT2D eigenvalue weighted by molar-refractivity contribution is 5.71. The summed E-state index contributed by atoms with van der Waals surface area (Å²) in [4.78, 5) is 13.1. The van der Waals surface area contributed by atoms with E-state index in [9.17, 15) is 4.79 Å². The van der Waals surface area contributed by atoms with E-state index in [1.807, 2.05) is 39.8 Å². The van der Waals surface area contributed by atoms with Crippen molar-refractivity contribution in [3.8, 4) is 0 Å².